The average Bonchev–Trinajstić information content (AvgIpc) is 3.45. The third-order valence-corrected chi connectivity index (χ3v) is 6.91. The number of carbonyl (C=O) groups is 3. The Morgan fingerprint density at radius 1 is 1.14 bits per heavy atom. The number of ketones is 1. The molecule has 9 nitrogen and oxygen atoms in total. The molecule has 4 atom stereocenters. The van der Waals surface area contributed by atoms with Gasteiger partial charge < -0.3 is 26.4 Å². The van der Waals surface area contributed by atoms with Crippen LogP contribution < -0.4 is 16.4 Å². The first-order valence-corrected chi connectivity index (χ1v) is 12.5. The molecule has 0 saturated carbocycles. The number of nitrogens with zero attached hydrogens (tertiary/aromatic N) is 2. The van der Waals surface area contributed by atoms with Crippen LogP contribution in [0.5, 0.6) is 0 Å². The van der Waals surface area contributed by atoms with E-state index in [-0.39, 0.29) is 36.2 Å². The first-order chi connectivity index (χ1) is 17.3. The summed E-state index contributed by atoms with van der Waals surface area (Å²) in [5, 5.41) is 17.2. The molecule has 2 heterocycles. The van der Waals surface area contributed by atoms with E-state index < -0.39 is 18.3 Å². The molecule has 3 amide bonds. The zero-order valence-corrected chi connectivity index (χ0v) is 20.8. The fourth-order valence-corrected chi connectivity index (χ4v) is 5.23. The lowest BCUT2D eigenvalue weighted by atomic mass is 10.00. The molecule has 0 unspecified atom stereocenters. The second-order valence-electron chi connectivity index (χ2n) is 9.96. The summed E-state index contributed by atoms with van der Waals surface area (Å²) in [7, 11) is 0. The Labute approximate surface area is 211 Å². The van der Waals surface area contributed by atoms with Crippen LogP contribution in [-0.4, -0.2) is 70.1 Å². The van der Waals surface area contributed by atoms with Crippen molar-refractivity contribution < 1.29 is 19.5 Å². The van der Waals surface area contributed by atoms with Crippen molar-refractivity contribution in [2.45, 2.75) is 57.6 Å². The number of amides is 3. The number of nitrogens with two attached hydrogens (primary N) is 1. The molecule has 0 aromatic heterocycles. The number of hydrogen-bond acceptors (Lipinski definition) is 6. The molecule has 9 heteroatoms. The first-order valence-electron chi connectivity index (χ1n) is 12.5. The van der Waals surface area contributed by atoms with Gasteiger partial charge >= 0.3 is 6.03 Å². The van der Waals surface area contributed by atoms with Crippen molar-refractivity contribution in [2.24, 2.45) is 11.7 Å². The van der Waals surface area contributed by atoms with E-state index in [1.807, 2.05) is 38.1 Å². The van der Waals surface area contributed by atoms with Crippen molar-refractivity contribution >= 4 is 23.4 Å². The lowest BCUT2D eigenvalue weighted by Crippen LogP contribution is -2.55. The molecule has 4 rings (SSSR count). The van der Waals surface area contributed by atoms with Gasteiger partial charge in [-0.1, -0.05) is 44.2 Å². The highest BCUT2D eigenvalue weighted by Gasteiger charge is 2.52. The van der Waals surface area contributed by atoms with Gasteiger partial charge in [-0.2, -0.15) is 0 Å². The van der Waals surface area contributed by atoms with Crippen LogP contribution >= 0.6 is 0 Å². The third-order valence-electron chi connectivity index (χ3n) is 6.91. The van der Waals surface area contributed by atoms with E-state index in [0.29, 0.717) is 37.2 Å². The van der Waals surface area contributed by atoms with Crippen molar-refractivity contribution in [3.8, 4) is 0 Å². The quantitative estimate of drug-likeness (QED) is 0.446. The predicted octanol–water partition coefficient (Wildman–Crippen LogP) is 2.17. The van der Waals surface area contributed by atoms with E-state index in [4.69, 9.17) is 5.73 Å². The number of aliphatic hydroxyl groups is 1. The molecular formula is C27H35N5O4. The Hall–Kier alpha value is -3.27. The van der Waals surface area contributed by atoms with Crippen molar-refractivity contribution in [3.63, 3.8) is 0 Å². The van der Waals surface area contributed by atoms with Gasteiger partial charge in [-0.15, -0.1) is 0 Å². The highest BCUT2D eigenvalue weighted by molar-refractivity contribution is 5.98. The van der Waals surface area contributed by atoms with Gasteiger partial charge in [-0.05, 0) is 48.6 Å². The van der Waals surface area contributed by atoms with Crippen LogP contribution in [0.4, 0.5) is 10.5 Å². The van der Waals surface area contributed by atoms with Gasteiger partial charge in [0.05, 0.1) is 24.7 Å². The smallest absolute Gasteiger partial charge is 0.322 e. The molecule has 0 bridgehead atoms. The minimum Gasteiger partial charge on any atom is -0.376 e. The zero-order valence-electron chi connectivity index (χ0n) is 20.8. The monoisotopic (exact) mass is 493 g/mol. The molecule has 2 aliphatic rings. The van der Waals surface area contributed by atoms with Crippen molar-refractivity contribution in [1.82, 2.24) is 15.1 Å². The highest BCUT2D eigenvalue weighted by Crippen LogP contribution is 2.32. The van der Waals surface area contributed by atoms with Crippen molar-refractivity contribution in [1.29, 1.82) is 0 Å². The maximum atomic E-state index is 13.0. The molecule has 2 aliphatic heterocycles. The van der Waals surface area contributed by atoms with E-state index in [1.165, 1.54) is 0 Å². The fourth-order valence-electron chi connectivity index (χ4n) is 5.23. The van der Waals surface area contributed by atoms with Gasteiger partial charge in [0, 0.05) is 24.3 Å². The van der Waals surface area contributed by atoms with Crippen LogP contribution in [0.3, 0.4) is 0 Å². The number of hydrogen-bond donors (Lipinski definition) is 4. The number of anilines is 1. The van der Waals surface area contributed by atoms with Crippen molar-refractivity contribution in [3.05, 3.63) is 65.7 Å². The molecule has 2 aromatic rings. The maximum absolute atomic E-state index is 13.0. The molecule has 36 heavy (non-hydrogen) atoms. The standard InChI is InChI=1S/C27H35N5O4/c1-17(2)13-21(30-25(34)19-8-6-7-18(14-19)15-28)26(35)31-12-11-22-24(31)23(33)16-32(22)27(36)29-20-9-4-3-5-10-20/h3-10,14,17,21-22,24,26,35H,11-13,15-16,28H2,1-2H3,(H,29,36)(H,30,34)/t21-,22+,24-,26-/m0/s1. The molecule has 0 spiro atoms. The topological polar surface area (TPSA) is 128 Å². The molecule has 2 aromatic carbocycles. The summed E-state index contributed by atoms with van der Waals surface area (Å²) in [5.41, 5.74) is 7.69. The Morgan fingerprint density at radius 2 is 1.89 bits per heavy atom. The first kappa shape index (κ1) is 25.8. The van der Waals surface area contributed by atoms with Crippen molar-refractivity contribution in [2.75, 3.05) is 18.4 Å². The van der Waals surface area contributed by atoms with E-state index >= 15 is 0 Å². The van der Waals surface area contributed by atoms with Gasteiger partial charge in [0.25, 0.3) is 5.91 Å². The Balaban J connectivity index is 1.47. The molecular weight excluding hydrogens is 458 g/mol. The average molecular weight is 494 g/mol. The van der Waals surface area contributed by atoms with Crippen LogP contribution in [0.15, 0.2) is 54.6 Å². The molecule has 0 aliphatic carbocycles. The molecule has 2 saturated heterocycles. The van der Waals surface area contributed by atoms with Gasteiger partial charge in [-0.3, -0.25) is 14.5 Å². The number of Topliss-reactive ketones (excluding diaryl/α,β-unsaturated/α-hetero) is 1. The second-order valence-corrected chi connectivity index (χ2v) is 9.96. The Kier molecular flexibility index (Phi) is 8.03. The zero-order chi connectivity index (χ0) is 25.8. The van der Waals surface area contributed by atoms with Crippen LogP contribution in [0.25, 0.3) is 0 Å². The Morgan fingerprint density at radius 3 is 2.58 bits per heavy atom. The number of likely N-dealkylation sites (tertiary alicyclic amines) is 2. The normalized spacial score (nSPS) is 21.4. The summed E-state index contributed by atoms with van der Waals surface area (Å²) < 4.78 is 0. The summed E-state index contributed by atoms with van der Waals surface area (Å²) in [6.07, 6.45) is 0.0329. The Bertz CT molecular complexity index is 1090. The third kappa shape index (κ3) is 5.59. The fraction of sp³-hybridized carbons (Fsp3) is 0.444. The summed E-state index contributed by atoms with van der Waals surface area (Å²) in [4.78, 5) is 42.3. The molecule has 192 valence electrons. The van der Waals surface area contributed by atoms with Crippen LogP contribution in [-0.2, 0) is 11.3 Å². The minimum atomic E-state index is -1.06. The summed E-state index contributed by atoms with van der Waals surface area (Å²) >= 11 is 0. The highest BCUT2D eigenvalue weighted by atomic mass is 16.3. The minimum absolute atomic E-state index is 0.00962. The summed E-state index contributed by atoms with van der Waals surface area (Å²) in [6, 6.07) is 14.3. The van der Waals surface area contributed by atoms with Crippen LogP contribution in [0.2, 0.25) is 0 Å². The summed E-state index contributed by atoms with van der Waals surface area (Å²) in [5.74, 6) is -0.205. The summed E-state index contributed by atoms with van der Waals surface area (Å²) in [6.45, 7) is 4.80. The van der Waals surface area contributed by atoms with E-state index in [9.17, 15) is 19.5 Å². The SMILES string of the molecule is CC(C)C[C@H](NC(=O)c1cccc(CN)c1)[C@H](O)N1CC[C@@H]2[C@H]1C(=O)CN2C(=O)Nc1ccccc1. The molecule has 5 N–H and O–H groups in total. The molecule has 0 radical (unpaired) electrons. The van der Waals surface area contributed by atoms with Gasteiger partial charge in [0.15, 0.2) is 5.78 Å². The number of rotatable bonds is 8. The number of fused-ring (bicyclic) bond motifs is 1. The lowest BCUT2D eigenvalue weighted by molar-refractivity contribution is -0.125. The van der Waals surface area contributed by atoms with Crippen LogP contribution in [0, 0.1) is 5.92 Å². The second kappa shape index (κ2) is 11.2. The maximum Gasteiger partial charge on any atom is 0.322 e. The number of aliphatic hydroxyl groups excluding tert-OH is 1. The lowest BCUT2D eigenvalue weighted by Gasteiger charge is -2.34. The van der Waals surface area contributed by atoms with Gasteiger partial charge in [-0.25, -0.2) is 4.79 Å². The number of carbonyl (C=O) groups excluding carboxylic acids is 3. The number of nitrogens with one attached hydrogen (secondary N) is 2. The number of benzene rings is 2. The van der Waals surface area contributed by atoms with Crippen LogP contribution in [0.1, 0.15) is 42.6 Å². The molecule has 2 fully saturated rings. The number of urea groups is 1. The predicted molar refractivity (Wildman–Crippen MR) is 137 cm³/mol. The number of para-hydroxylation sites is 1. The van der Waals surface area contributed by atoms with E-state index in [1.54, 1.807) is 40.1 Å². The van der Waals surface area contributed by atoms with Gasteiger partial charge in [0.1, 0.15) is 6.23 Å². The van der Waals surface area contributed by atoms with Gasteiger partial charge in [0.2, 0.25) is 0 Å². The van der Waals surface area contributed by atoms with E-state index in [0.717, 1.165) is 5.56 Å². The van der Waals surface area contributed by atoms with E-state index in [2.05, 4.69) is 10.6 Å². The largest absolute Gasteiger partial charge is 0.376 e.